The second-order valence-electron chi connectivity index (χ2n) is 6.14. The van der Waals surface area contributed by atoms with Gasteiger partial charge in [0.05, 0.1) is 19.6 Å². The van der Waals surface area contributed by atoms with E-state index in [0.717, 1.165) is 5.56 Å². The normalized spacial score (nSPS) is 13.0. The number of nitrogens with one attached hydrogen (secondary N) is 2. The molecule has 2 N–H and O–H groups in total. The maximum Gasteiger partial charge on any atom is 0.328 e. The van der Waals surface area contributed by atoms with Crippen LogP contribution in [-0.4, -0.2) is 30.9 Å². The highest BCUT2D eigenvalue weighted by atomic mass is 16.5. The lowest BCUT2D eigenvalue weighted by molar-refractivity contribution is -0.145. The fourth-order valence-electron chi connectivity index (χ4n) is 2.45. The van der Waals surface area contributed by atoms with E-state index in [2.05, 4.69) is 10.6 Å². The molecule has 132 valence electrons. The molecule has 0 aromatic heterocycles. The summed E-state index contributed by atoms with van der Waals surface area (Å²) in [4.78, 5) is 35.6. The van der Waals surface area contributed by atoms with Crippen LogP contribution < -0.4 is 10.6 Å². The molecule has 0 aliphatic rings. The zero-order valence-electron chi connectivity index (χ0n) is 14.7. The van der Waals surface area contributed by atoms with E-state index in [1.54, 1.807) is 0 Å². The van der Waals surface area contributed by atoms with Gasteiger partial charge in [-0.2, -0.15) is 0 Å². The van der Waals surface area contributed by atoms with Gasteiger partial charge in [-0.05, 0) is 17.9 Å². The number of esters is 1. The van der Waals surface area contributed by atoms with Gasteiger partial charge in [-0.3, -0.25) is 9.59 Å². The largest absolute Gasteiger partial charge is 0.467 e. The summed E-state index contributed by atoms with van der Waals surface area (Å²) < 4.78 is 4.74. The summed E-state index contributed by atoms with van der Waals surface area (Å²) in [5.74, 6) is -0.764. The number of ether oxygens (including phenoxy) is 1. The minimum atomic E-state index is -0.684. The van der Waals surface area contributed by atoms with Crippen molar-refractivity contribution in [1.82, 2.24) is 10.6 Å². The lowest BCUT2D eigenvalue weighted by atomic mass is 10.0. The van der Waals surface area contributed by atoms with E-state index in [1.165, 1.54) is 14.0 Å². The lowest BCUT2D eigenvalue weighted by Crippen LogP contribution is -2.43. The minimum absolute atomic E-state index is 0.0508. The number of carbonyl (C=O) groups is 3. The lowest BCUT2D eigenvalue weighted by Gasteiger charge is -2.21. The maximum absolute atomic E-state index is 12.4. The molecule has 0 aliphatic carbocycles. The number of hydrogen-bond donors (Lipinski definition) is 2. The highest BCUT2D eigenvalue weighted by Crippen LogP contribution is 2.17. The molecule has 0 radical (unpaired) electrons. The SMILES string of the molecule is COC(=O)C(CC(C)C)NC(=O)CC(NC(C)=O)c1ccccc1. The molecular weight excluding hydrogens is 308 g/mol. The molecule has 1 aromatic rings. The minimum Gasteiger partial charge on any atom is -0.467 e. The Balaban J connectivity index is 2.79. The van der Waals surface area contributed by atoms with Crippen LogP contribution in [0.3, 0.4) is 0 Å². The molecule has 2 amide bonds. The number of hydrogen-bond acceptors (Lipinski definition) is 4. The Kier molecular flexibility index (Phi) is 7.95. The van der Waals surface area contributed by atoms with E-state index in [1.807, 2.05) is 44.2 Å². The van der Waals surface area contributed by atoms with Crippen molar-refractivity contribution in [1.29, 1.82) is 0 Å². The first-order valence-electron chi connectivity index (χ1n) is 8.02. The van der Waals surface area contributed by atoms with Crippen LogP contribution in [0.5, 0.6) is 0 Å². The van der Waals surface area contributed by atoms with Crippen LogP contribution in [0, 0.1) is 5.92 Å². The number of carbonyl (C=O) groups excluding carboxylic acids is 3. The van der Waals surface area contributed by atoms with Crippen LogP contribution in [0.4, 0.5) is 0 Å². The second kappa shape index (κ2) is 9.70. The van der Waals surface area contributed by atoms with Gasteiger partial charge >= 0.3 is 5.97 Å². The summed E-state index contributed by atoms with van der Waals surface area (Å²) in [6.45, 7) is 5.34. The van der Waals surface area contributed by atoms with Crippen LogP contribution >= 0.6 is 0 Å². The van der Waals surface area contributed by atoms with Gasteiger partial charge in [0.25, 0.3) is 0 Å². The molecule has 0 spiro atoms. The standard InChI is InChI=1S/C18H26N2O4/c1-12(2)10-16(18(23)24-4)20-17(22)11-15(19-13(3)21)14-8-6-5-7-9-14/h5-9,12,15-16H,10-11H2,1-4H3,(H,19,21)(H,20,22). The van der Waals surface area contributed by atoms with Crippen LogP contribution in [0.2, 0.25) is 0 Å². The average Bonchev–Trinajstić information content (AvgIpc) is 2.52. The summed E-state index contributed by atoms with van der Waals surface area (Å²) in [5, 5.41) is 5.48. The molecule has 2 atom stereocenters. The van der Waals surface area contributed by atoms with Crippen molar-refractivity contribution in [3.05, 3.63) is 35.9 Å². The molecule has 24 heavy (non-hydrogen) atoms. The highest BCUT2D eigenvalue weighted by molar-refractivity contribution is 5.85. The Morgan fingerprint density at radius 3 is 2.21 bits per heavy atom. The van der Waals surface area contributed by atoms with Crippen LogP contribution in [0.25, 0.3) is 0 Å². The molecule has 0 aliphatic heterocycles. The summed E-state index contributed by atoms with van der Waals surface area (Å²) >= 11 is 0. The zero-order valence-corrected chi connectivity index (χ0v) is 14.7. The van der Waals surface area contributed by atoms with Gasteiger partial charge < -0.3 is 15.4 Å². The van der Waals surface area contributed by atoms with Crippen LogP contribution in [-0.2, 0) is 19.1 Å². The fourth-order valence-corrected chi connectivity index (χ4v) is 2.45. The quantitative estimate of drug-likeness (QED) is 0.712. The molecule has 0 saturated heterocycles. The van der Waals surface area contributed by atoms with E-state index >= 15 is 0 Å². The first kappa shape index (κ1) is 19.7. The van der Waals surface area contributed by atoms with Gasteiger partial charge in [0, 0.05) is 6.92 Å². The Hall–Kier alpha value is -2.37. The molecule has 6 nitrogen and oxygen atoms in total. The second-order valence-corrected chi connectivity index (χ2v) is 6.14. The van der Waals surface area contributed by atoms with Gasteiger partial charge in [0.2, 0.25) is 11.8 Å². The average molecular weight is 334 g/mol. The fraction of sp³-hybridized carbons (Fsp3) is 0.500. The molecular formula is C18H26N2O4. The summed E-state index contributed by atoms with van der Waals surface area (Å²) in [7, 11) is 1.30. The Morgan fingerprint density at radius 2 is 1.71 bits per heavy atom. The molecule has 0 heterocycles. The van der Waals surface area contributed by atoms with Crippen molar-refractivity contribution >= 4 is 17.8 Å². The summed E-state index contributed by atoms with van der Waals surface area (Å²) in [6.07, 6.45) is 0.545. The van der Waals surface area contributed by atoms with Crippen molar-refractivity contribution in [3.8, 4) is 0 Å². The maximum atomic E-state index is 12.4. The van der Waals surface area contributed by atoms with Crippen molar-refractivity contribution in [2.24, 2.45) is 5.92 Å². The van der Waals surface area contributed by atoms with E-state index in [4.69, 9.17) is 4.74 Å². The number of amides is 2. The Morgan fingerprint density at radius 1 is 1.08 bits per heavy atom. The molecule has 0 saturated carbocycles. The number of benzene rings is 1. The zero-order chi connectivity index (χ0) is 18.1. The summed E-state index contributed by atoms with van der Waals surface area (Å²) in [6, 6.07) is 8.12. The third-order valence-corrected chi connectivity index (χ3v) is 3.50. The number of rotatable bonds is 8. The predicted molar refractivity (Wildman–Crippen MR) is 91.0 cm³/mol. The first-order chi connectivity index (χ1) is 11.3. The Bertz CT molecular complexity index is 557. The third-order valence-electron chi connectivity index (χ3n) is 3.50. The molecule has 1 rings (SSSR count). The van der Waals surface area contributed by atoms with Gasteiger partial charge in [0.15, 0.2) is 0 Å². The summed E-state index contributed by atoms with van der Waals surface area (Å²) in [5.41, 5.74) is 0.835. The van der Waals surface area contributed by atoms with Crippen molar-refractivity contribution < 1.29 is 19.1 Å². The topological polar surface area (TPSA) is 84.5 Å². The van der Waals surface area contributed by atoms with Gasteiger partial charge in [-0.1, -0.05) is 44.2 Å². The van der Waals surface area contributed by atoms with E-state index in [9.17, 15) is 14.4 Å². The van der Waals surface area contributed by atoms with Gasteiger partial charge in [-0.25, -0.2) is 4.79 Å². The van der Waals surface area contributed by atoms with Crippen molar-refractivity contribution in [3.63, 3.8) is 0 Å². The van der Waals surface area contributed by atoms with E-state index < -0.39 is 18.1 Å². The first-order valence-corrected chi connectivity index (χ1v) is 8.02. The molecule has 1 aromatic carbocycles. The smallest absolute Gasteiger partial charge is 0.328 e. The molecule has 0 fully saturated rings. The molecule has 2 unspecified atom stereocenters. The van der Waals surface area contributed by atoms with Crippen LogP contribution in [0.15, 0.2) is 30.3 Å². The van der Waals surface area contributed by atoms with Gasteiger partial charge in [-0.15, -0.1) is 0 Å². The third kappa shape index (κ3) is 6.81. The molecule has 0 bridgehead atoms. The Labute approximate surface area is 143 Å². The van der Waals surface area contributed by atoms with E-state index in [-0.39, 0.29) is 24.2 Å². The monoisotopic (exact) mass is 334 g/mol. The number of methoxy groups -OCH3 is 1. The van der Waals surface area contributed by atoms with E-state index in [0.29, 0.717) is 6.42 Å². The molecule has 6 heteroatoms. The van der Waals surface area contributed by atoms with Crippen molar-refractivity contribution in [2.75, 3.05) is 7.11 Å². The van der Waals surface area contributed by atoms with Gasteiger partial charge in [0.1, 0.15) is 6.04 Å². The van der Waals surface area contributed by atoms with Crippen LogP contribution in [0.1, 0.15) is 45.2 Å². The predicted octanol–water partition coefficient (Wildman–Crippen LogP) is 1.96. The van der Waals surface area contributed by atoms with Crippen molar-refractivity contribution in [2.45, 2.75) is 45.7 Å². The highest BCUT2D eigenvalue weighted by Gasteiger charge is 2.24.